The fourth-order valence-electron chi connectivity index (χ4n) is 2.34. The first-order chi connectivity index (χ1) is 11.3. The molecule has 1 aromatic carbocycles. The predicted octanol–water partition coefficient (Wildman–Crippen LogP) is 2.48. The van der Waals surface area contributed by atoms with Crippen LogP contribution in [0, 0.1) is 0 Å². The van der Waals surface area contributed by atoms with Crippen molar-refractivity contribution in [2.45, 2.75) is 6.54 Å². The molecule has 0 unspecified atom stereocenters. The summed E-state index contributed by atoms with van der Waals surface area (Å²) < 4.78 is 5.26. The van der Waals surface area contributed by atoms with Gasteiger partial charge in [0.15, 0.2) is 11.5 Å². The van der Waals surface area contributed by atoms with Crippen LogP contribution in [0.4, 0.5) is 0 Å². The monoisotopic (exact) mass is 307 g/mol. The van der Waals surface area contributed by atoms with E-state index < -0.39 is 0 Å². The Morgan fingerprint density at radius 1 is 1.22 bits per heavy atom. The highest BCUT2D eigenvalue weighted by molar-refractivity contribution is 5.93. The van der Waals surface area contributed by atoms with Crippen molar-refractivity contribution >= 4 is 16.9 Å². The van der Waals surface area contributed by atoms with E-state index in [0.717, 1.165) is 11.0 Å². The molecule has 0 aliphatic rings. The molecule has 114 valence electrons. The number of aromatic nitrogens is 4. The Kier molecular flexibility index (Phi) is 3.16. The highest BCUT2D eigenvalue weighted by Crippen LogP contribution is 2.17. The molecule has 0 atom stereocenters. The molecule has 4 aromatic rings. The average molecular weight is 307 g/mol. The van der Waals surface area contributed by atoms with E-state index in [9.17, 15) is 4.79 Å². The number of nitrogens with one attached hydrogen (secondary N) is 3. The maximum atomic E-state index is 12.2. The smallest absolute Gasteiger partial charge is 0.272 e. The van der Waals surface area contributed by atoms with Crippen molar-refractivity contribution in [1.82, 2.24) is 25.5 Å². The van der Waals surface area contributed by atoms with E-state index in [1.807, 2.05) is 24.3 Å². The second-order valence-electron chi connectivity index (χ2n) is 5.03. The maximum Gasteiger partial charge on any atom is 0.272 e. The summed E-state index contributed by atoms with van der Waals surface area (Å²) in [5.41, 5.74) is 2.77. The van der Waals surface area contributed by atoms with Crippen molar-refractivity contribution in [3.63, 3.8) is 0 Å². The minimum atomic E-state index is -0.278. The third-order valence-electron chi connectivity index (χ3n) is 3.45. The number of H-pyrrole nitrogens is 2. The van der Waals surface area contributed by atoms with Crippen LogP contribution >= 0.6 is 0 Å². The largest absolute Gasteiger partial charge is 0.463 e. The number of furan rings is 1. The summed E-state index contributed by atoms with van der Waals surface area (Å²) in [5, 5.41) is 9.57. The van der Waals surface area contributed by atoms with E-state index in [-0.39, 0.29) is 5.91 Å². The van der Waals surface area contributed by atoms with E-state index in [0.29, 0.717) is 29.5 Å². The van der Waals surface area contributed by atoms with Gasteiger partial charge in [-0.3, -0.25) is 9.89 Å². The Balaban J connectivity index is 1.45. The minimum Gasteiger partial charge on any atom is -0.463 e. The van der Waals surface area contributed by atoms with Crippen LogP contribution in [0.2, 0.25) is 0 Å². The summed E-state index contributed by atoms with van der Waals surface area (Å²) in [4.78, 5) is 19.7. The van der Waals surface area contributed by atoms with Gasteiger partial charge in [-0.25, -0.2) is 4.98 Å². The zero-order valence-corrected chi connectivity index (χ0v) is 12.0. The molecule has 3 heterocycles. The van der Waals surface area contributed by atoms with Crippen molar-refractivity contribution in [2.24, 2.45) is 0 Å². The molecule has 7 heteroatoms. The fraction of sp³-hybridized carbons (Fsp3) is 0.0625. The first kappa shape index (κ1) is 13.3. The molecule has 0 aliphatic heterocycles. The molecule has 3 aromatic heterocycles. The van der Waals surface area contributed by atoms with Gasteiger partial charge in [-0.1, -0.05) is 12.1 Å². The lowest BCUT2D eigenvalue weighted by Crippen LogP contribution is -2.23. The van der Waals surface area contributed by atoms with Crippen molar-refractivity contribution in [2.75, 3.05) is 0 Å². The molecular formula is C16H13N5O2. The summed E-state index contributed by atoms with van der Waals surface area (Å²) in [6.07, 6.45) is 1.57. The van der Waals surface area contributed by atoms with Gasteiger partial charge in [0.2, 0.25) is 0 Å². The molecule has 0 saturated carbocycles. The van der Waals surface area contributed by atoms with Crippen molar-refractivity contribution in [3.05, 3.63) is 60.2 Å². The van der Waals surface area contributed by atoms with Crippen LogP contribution in [0.3, 0.4) is 0 Å². The molecule has 4 rings (SSSR count). The molecule has 0 spiro atoms. The fourth-order valence-corrected chi connectivity index (χ4v) is 2.34. The molecule has 3 N–H and O–H groups in total. The SMILES string of the molecule is O=C(NCc1nc2ccccc2[nH]1)c1cc(-c2ccco2)[nH]n1. The van der Waals surface area contributed by atoms with E-state index in [2.05, 4.69) is 25.5 Å². The van der Waals surface area contributed by atoms with Crippen molar-refractivity contribution in [3.8, 4) is 11.5 Å². The highest BCUT2D eigenvalue weighted by atomic mass is 16.3. The number of carbonyl (C=O) groups excluding carboxylic acids is 1. The number of carbonyl (C=O) groups is 1. The van der Waals surface area contributed by atoms with Gasteiger partial charge in [0, 0.05) is 6.07 Å². The van der Waals surface area contributed by atoms with E-state index >= 15 is 0 Å². The van der Waals surface area contributed by atoms with E-state index in [1.165, 1.54) is 0 Å². The molecule has 0 bridgehead atoms. The molecule has 0 aliphatic carbocycles. The third-order valence-corrected chi connectivity index (χ3v) is 3.45. The van der Waals surface area contributed by atoms with Crippen LogP contribution in [0.5, 0.6) is 0 Å². The number of fused-ring (bicyclic) bond motifs is 1. The lowest BCUT2D eigenvalue weighted by molar-refractivity contribution is 0.0945. The van der Waals surface area contributed by atoms with Gasteiger partial charge in [-0.2, -0.15) is 5.10 Å². The summed E-state index contributed by atoms with van der Waals surface area (Å²) in [7, 11) is 0. The van der Waals surface area contributed by atoms with Crippen LogP contribution in [0.25, 0.3) is 22.5 Å². The second kappa shape index (κ2) is 5.45. The van der Waals surface area contributed by atoms with Crippen LogP contribution in [-0.2, 0) is 6.54 Å². The topological polar surface area (TPSA) is 99.6 Å². The molecule has 23 heavy (non-hydrogen) atoms. The van der Waals surface area contributed by atoms with Gasteiger partial charge in [-0.05, 0) is 24.3 Å². The summed E-state index contributed by atoms with van der Waals surface area (Å²) in [6.45, 7) is 0.302. The maximum absolute atomic E-state index is 12.2. The first-order valence-electron chi connectivity index (χ1n) is 7.11. The highest BCUT2D eigenvalue weighted by Gasteiger charge is 2.13. The number of nitrogens with zero attached hydrogens (tertiary/aromatic N) is 2. The lowest BCUT2D eigenvalue weighted by Gasteiger charge is -1.99. The summed E-state index contributed by atoms with van der Waals surface area (Å²) >= 11 is 0. The number of amides is 1. The number of imidazole rings is 1. The minimum absolute atomic E-state index is 0.278. The number of para-hydroxylation sites is 2. The number of hydrogen-bond acceptors (Lipinski definition) is 4. The predicted molar refractivity (Wildman–Crippen MR) is 83.6 cm³/mol. The number of aromatic amines is 2. The van der Waals surface area contributed by atoms with Crippen molar-refractivity contribution < 1.29 is 9.21 Å². The molecule has 0 saturated heterocycles. The van der Waals surface area contributed by atoms with Gasteiger partial charge in [0.1, 0.15) is 11.5 Å². The zero-order chi connectivity index (χ0) is 15.6. The third kappa shape index (κ3) is 2.59. The van der Waals surface area contributed by atoms with Crippen LogP contribution in [-0.4, -0.2) is 26.1 Å². The zero-order valence-electron chi connectivity index (χ0n) is 12.0. The van der Waals surface area contributed by atoms with Gasteiger partial charge in [-0.15, -0.1) is 0 Å². The molecule has 0 fully saturated rings. The van der Waals surface area contributed by atoms with E-state index in [4.69, 9.17) is 4.42 Å². The molecular weight excluding hydrogens is 294 g/mol. The van der Waals surface area contributed by atoms with Crippen LogP contribution < -0.4 is 5.32 Å². The average Bonchev–Trinajstić information content (AvgIpc) is 3.31. The normalized spacial score (nSPS) is 11.0. The quantitative estimate of drug-likeness (QED) is 0.539. The summed E-state index contributed by atoms with van der Waals surface area (Å²) in [5.74, 6) is 1.05. The number of hydrogen-bond donors (Lipinski definition) is 3. The Morgan fingerprint density at radius 3 is 2.96 bits per heavy atom. The molecule has 1 amide bonds. The van der Waals surface area contributed by atoms with Gasteiger partial charge in [0.25, 0.3) is 5.91 Å². The standard InChI is InChI=1S/C16H13N5O2/c22-16(13-8-12(20-21-13)14-6-3-7-23-14)17-9-15-18-10-4-1-2-5-11(10)19-15/h1-8H,9H2,(H,17,22)(H,18,19)(H,20,21). The van der Waals surface area contributed by atoms with Crippen molar-refractivity contribution in [1.29, 1.82) is 0 Å². The second-order valence-corrected chi connectivity index (χ2v) is 5.03. The van der Waals surface area contributed by atoms with Gasteiger partial charge < -0.3 is 14.7 Å². The van der Waals surface area contributed by atoms with Crippen LogP contribution in [0.15, 0.2) is 53.1 Å². The molecule has 0 radical (unpaired) electrons. The van der Waals surface area contributed by atoms with Gasteiger partial charge in [0.05, 0.1) is 23.8 Å². The Bertz CT molecular complexity index is 919. The summed E-state index contributed by atoms with van der Waals surface area (Å²) in [6, 6.07) is 12.9. The van der Waals surface area contributed by atoms with Crippen LogP contribution in [0.1, 0.15) is 16.3 Å². The Hall–Kier alpha value is -3.35. The number of rotatable bonds is 4. The first-order valence-corrected chi connectivity index (χ1v) is 7.11. The molecule has 7 nitrogen and oxygen atoms in total. The number of benzene rings is 1. The van der Waals surface area contributed by atoms with Gasteiger partial charge >= 0.3 is 0 Å². The lowest BCUT2D eigenvalue weighted by atomic mass is 10.3. The Morgan fingerprint density at radius 2 is 2.13 bits per heavy atom. The Labute approximate surface area is 130 Å². The van der Waals surface area contributed by atoms with E-state index in [1.54, 1.807) is 24.5 Å².